The van der Waals surface area contributed by atoms with Crippen molar-refractivity contribution < 1.29 is 19.0 Å². The van der Waals surface area contributed by atoms with Crippen molar-refractivity contribution in [2.24, 2.45) is 5.10 Å². The van der Waals surface area contributed by atoms with Gasteiger partial charge in [0.05, 0.1) is 26.0 Å². The van der Waals surface area contributed by atoms with E-state index in [1.54, 1.807) is 24.3 Å². The second kappa shape index (κ2) is 9.29. The predicted molar refractivity (Wildman–Crippen MR) is 113 cm³/mol. The summed E-state index contributed by atoms with van der Waals surface area (Å²) in [5.41, 5.74) is 3.65. The van der Waals surface area contributed by atoms with Crippen molar-refractivity contribution >= 4 is 22.9 Å². The third kappa shape index (κ3) is 4.66. The van der Waals surface area contributed by atoms with E-state index in [1.165, 1.54) is 20.4 Å². The van der Waals surface area contributed by atoms with Gasteiger partial charge in [-0.1, -0.05) is 30.2 Å². The van der Waals surface area contributed by atoms with Crippen molar-refractivity contribution in [3.8, 4) is 29.6 Å². The van der Waals surface area contributed by atoms with E-state index in [4.69, 9.17) is 20.6 Å². The Balaban J connectivity index is 1.76. The number of nitrogens with zero attached hydrogens (tertiary/aromatic N) is 1. The minimum atomic E-state index is -0.371. The summed E-state index contributed by atoms with van der Waals surface area (Å²) < 4.78 is 16.1. The molecule has 0 bridgehead atoms. The molecule has 0 aliphatic carbocycles. The molecule has 1 N–H and O–H groups in total. The van der Waals surface area contributed by atoms with Crippen molar-refractivity contribution in [3.05, 3.63) is 65.7 Å². The summed E-state index contributed by atoms with van der Waals surface area (Å²) in [6.45, 7) is 0.146. The molecule has 3 aromatic carbocycles. The van der Waals surface area contributed by atoms with Gasteiger partial charge in [0.25, 0.3) is 5.91 Å². The molecule has 0 radical (unpaired) electrons. The maximum Gasteiger partial charge on any atom is 0.275 e. The van der Waals surface area contributed by atoms with Crippen LogP contribution in [0.3, 0.4) is 0 Å². The molecule has 3 rings (SSSR count). The van der Waals surface area contributed by atoms with Crippen LogP contribution in [-0.2, 0) is 0 Å². The lowest BCUT2D eigenvalue weighted by molar-refractivity contribution is 0.0952. The summed E-state index contributed by atoms with van der Waals surface area (Å²) in [5.74, 6) is 3.57. The van der Waals surface area contributed by atoms with Crippen molar-refractivity contribution in [2.75, 3.05) is 20.8 Å². The van der Waals surface area contributed by atoms with Gasteiger partial charge in [0.1, 0.15) is 12.4 Å². The second-order valence-corrected chi connectivity index (χ2v) is 6.00. The second-order valence-electron chi connectivity index (χ2n) is 6.00. The van der Waals surface area contributed by atoms with E-state index in [1.807, 2.05) is 30.3 Å². The van der Waals surface area contributed by atoms with Crippen LogP contribution in [0.5, 0.6) is 17.2 Å². The Morgan fingerprint density at radius 2 is 1.76 bits per heavy atom. The number of hydrogen-bond acceptors (Lipinski definition) is 5. The fraction of sp³-hybridized carbons (Fsp3) is 0.130. The smallest absolute Gasteiger partial charge is 0.275 e. The Bertz CT molecular complexity index is 1100. The number of carbonyl (C=O) groups is 1. The van der Waals surface area contributed by atoms with Crippen LogP contribution in [0.15, 0.2) is 59.7 Å². The number of hydrogen-bond donors (Lipinski definition) is 1. The largest absolute Gasteiger partial charge is 0.496 e. The maximum absolute atomic E-state index is 12.6. The SMILES string of the molecule is C#CCOc1ccc(C=NNC(=O)c2cc3ccccc3cc2OC)cc1OC. The molecule has 0 unspecified atom stereocenters. The van der Waals surface area contributed by atoms with E-state index in [2.05, 4.69) is 16.4 Å². The Hall–Kier alpha value is -3.98. The Kier molecular flexibility index (Phi) is 6.33. The predicted octanol–water partition coefficient (Wildman–Crippen LogP) is 3.63. The highest BCUT2D eigenvalue weighted by molar-refractivity contribution is 6.02. The average molecular weight is 388 g/mol. The lowest BCUT2D eigenvalue weighted by Gasteiger charge is -2.10. The van der Waals surface area contributed by atoms with Crippen LogP contribution in [0, 0.1) is 12.3 Å². The molecule has 0 heterocycles. The molecule has 0 aliphatic rings. The lowest BCUT2D eigenvalue weighted by Crippen LogP contribution is -2.18. The van der Waals surface area contributed by atoms with Crippen LogP contribution >= 0.6 is 0 Å². The molecule has 0 saturated carbocycles. The molecular weight excluding hydrogens is 368 g/mol. The first-order valence-corrected chi connectivity index (χ1v) is 8.80. The summed E-state index contributed by atoms with van der Waals surface area (Å²) >= 11 is 0. The lowest BCUT2D eigenvalue weighted by atomic mass is 10.1. The van der Waals surface area contributed by atoms with Crippen molar-refractivity contribution in [2.45, 2.75) is 0 Å². The molecule has 3 aromatic rings. The van der Waals surface area contributed by atoms with Gasteiger partial charge in [-0.25, -0.2) is 5.43 Å². The fourth-order valence-corrected chi connectivity index (χ4v) is 2.79. The molecule has 6 nitrogen and oxygen atoms in total. The highest BCUT2D eigenvalue weighted by Gasteiger charge is 2.13. The van der Waals surface area contributed by atoms with Crippen LogP contribution in [0.4, 0.5) is 0 Å². The molecule has 0 spiro atoms. The molecular formula is C23H20N2O4. The fourth-order valence-electron chi connectivity index (χ4n) is 2.79. The van der Waals surface area contributed by atoms with Crippen LogP contribution in [0.2, 0.25) is 0 Å². The van der Waals surface area contributed by atoms with Gasteiger partial charge >= 0.3 is 0 Å². The topological polar surface area (TPSA) is 69.2 Å². The molecule has 146 valence electrons. The minimum absolute atomic E-state index is 0.146. The number of fused-ring (bicyclic) bond motifs is 1. The highest BCUT2D eigenvalue weighted by atomic mass is 16.5. The van der Waals surface area contributed by atoms with E-state index in [-0.39, 0.29) is 12.5 Å². The normalized spacial score (nSPS) is 10.5. The van der Waals surface area contributed by atoms with Crippen molar-refractivity contribution in [3.63, 3.8) is 0 Å². The van der Waals surface area contributed by atoms with E-state index in [9.17, 15) is 4.79 Å². The first kappa shape index (κ1) is 19.8. The average Bonchev–Trinajstić information content (AvgIpc) is 2.76. The molecule has 0 saturated heterocycles. The summed E-state index contributed by atoms with van der Waals surface area (Å²) in [5, 5.41) is 5.96. The molecule has 29 heavy (non-hydrogen) atoms. The quantitative estimate of drug-likeness (QED) is 0.381. The monoisotopic (exact) mass is 388 g/mol. The number of methoxy groups -OCH3 is 2. The van der Waals surface area contributed by atoms with E-state index < -0.39 is 0 Å². The van der Waals surface area contributed by atoms with Gasteiger partial charge in [-0.3, -0.25) is 4.79 Å². The van der Waals surface area contributed by atoms with E-state index >= 15 is 0 Å². The number of hydrazone groups is 1. The van der Waals surface area contributed by atoms with Gasteiger partial charge in [-0.15, -0.1) is 6.42 Å². The Morgan fingerprint density at radius 3 is 2.45 bits per heavy atom. The summed E-state index contributed by atoms with van der Waals surface area (Å²) in [4.78, 5) is 12.6. The van der Waals surface area contributed by atoms with Crippen LogP contribution in [-0.4, -0.2) is 32.9 Å². The number of amides is 1. The number of terminal acetylenes is 1. The third-order valence-electron chi connectivity index (χ3n) is 4.19. The number of ether oxygens (including phenoxy) is 3. The van der Waals surface area contributed by atoms with Crippen LogP contribution in [0.25, 0.3) is 10.8 Å². The molecule has 0 aromatic heterocycles. The van der Waals surface area contributed by atoms with E-state index in [0.29, 0.717) is 22.8 Å². The molecule has 0 aliphatic heterocycles. The third-order valence-corrected chi connectivity index (χ3v) is 4.19. The van der Waals surface area contributed by atoms with Gasteiger partial charge in [0.2, 0.25) is 0 Å². The zero-order valence-electron chi connectivity index (χ0n) is 16.1. The highest BCUT2D eigenvalue weighted by Crippen LogP contribution is 2.28. The maximum atomic E-state index is 12.6. The molecule has 1 amide bonds. The number of nitrogens with one attached hydrogen (secondary N) is 1. The van der Waals surface area contributed by atoms with Crippen molar-refractivity contribution in [1.29, 1.82) is 0 Å². The zero-order valence-corrected chi connectivity index (χ0v) is 16.1. The molecule has 0 atom stereocenters. The van der Waals surface area contributed by atoms with Crippen LogP contribution in [0.1, 0.15) is 15.9 Å². The first-order chi connectivity index (χ1) is 14.2. The van der Waals surface area contributed by atoms with Crippen LogP contribution < -0.4 is 19.6 Å². The van der Waals surface area contributed by atoms with Gasteiger partial charge in [-0.05, 0) is 46.7 Å². The standard InChI is InChI=1S/C23H20N2O4/c1-4-11-29-20-10-9-16(12-22(20)28-3)15-24-25-23(26)19-13-17-7-5-6-8-18(17)14-21(19)27-2/h1,5-10,12-15H,11H2,2-3H3,(H,25,26). The Labute approximate surface area is 169 Å². The number of rotatable bonds is 7. The number of carbonyl (C=O) groups excluding carboxylic acids is 1. The van der Waals surface area contributed by atoms with Gasteiger partial charge < -0.3 is 14.2 Å². The summed E-state index contributed by atoms with van der Waals surface area (Å²) in [7, 11) is 3.06. The zero-order chi connectivity index (χ0) is 20.6. The first-order valence-electron chi connectivity index (χ1n) is 8.80. The summed E-state index contributed by atoms with van der Waals surface area (Å²) in [6, 6.07) is 16.6. The number of benzene rings is 3. The van der Waals surface area contributed by atoms with Gasteiger partial charge in [-0.2, -0.15) is 5.10 Å². The van der Waals surface area contributed by atoms with Crippen molar-refractivity contribution in [1.82, 2.24) is 5.43 Å². The van der Waals surface area contributed by atoms with E-state index in [0.717, 1.165) is 16.3 Å². The molecule has 6 heteroatoms. The van der Waals surface area contributed by atoms with Gasteiger partial charge in [0, 0.05) is 0 Å². The summed E-state index contributed by atoms with van der Waals surface area (Å²) in [6.07, 6.45) is 6.72. The van der Waals surface area contributed by atoms with Gasteiger partial charge in [0.15, 0.2) is 11.5 Å². The molecule has 0 fully saturated rings. The minimum Gasteiger partial charge on any atom is -0.496 e. The Morgan fingerprint density at radius 1 is 1.03 bits per heavy atom.